The molecule has 1 aliphatic heterocycles. The molecule has 1 saturated carbocycles. The summed E-state index contributed by atoms with van der Waals surface area (Å²) in [7, 11) is 0. The van der Waals surface area contributed by atoms with E-state index in [0.717, 1.165) is 34.7 Å². The van der Waals surface area contributed by atoms with Gasteiger partial charge in [0.15, 0.2) is 11.4 Å². The monoisotopic (exact) mass is 524 g/mol. The predicted octanol–water partition coefficient (Wildman–Crippen LogP) is 5.17. The Bertz CT molecular complexity index is 1230. The van der Waals surface area contributed by atoms with E-state index in [4.69, 9.17) is 9.15 Å². The Morgan fingerprint density at radius 2 is 2.09 bits per heavy atom. The summed E-state index contributed by atoms with van der Waals surface area (Å²) in [5, 5.41) is 8.33. The van der Waals surface area contributed by atoms with Crippen LogP contribution in [0.5, 0.6) is 0 Å². The lowest BCUT2D eigenvalue weighted by molar-refractivity contribution is 0.0154. The van der Waals surface area contributed by atoms with E-state index in [9.17, 15) is 9.59 Å². The van der Waals surface area contributed by atoms with Gasteiger partial charge >= 0.3 is 6.09 Å². The average Bonchev–Trinajstić information content (AvgIpc) is 3.26. The fourth-order valence-corrected chi connectivity index (χ4v) is 5.43. The number of hydrogen-bond acceptors (Lipinski definition) is 6. The zero-order chi connectivity index (χ0) is 23.7. The first-order valence-corrected chi connectivity index (χ1v) is 12.2. The van der Waals surface area contributed by atoms with Crippen molar-refractivity contribution in [1.29, 1.82) is 0 Å². The number of hydrogen-bond donors (Lipinski definition) is 2. The third kappa shape index (κ3) is 4.44. The lowest BCUT2D eigenvalue weighted by atomic mass is 9.73. The van der Waals surface area contributed by atoms with Crippen molar-refractivity contribution in [2.45, 2.75) is 50.7 Å². The normalized spacial score (nSPS) is 23.2. The highest BCUT2D eigenvalue weighted by atomic mass is 79.9. The highest BCUT2D eigenvalue weighted by Gasteiger charge is 2.46. The Morgan fingerprint density at radius 3 is 2.85 bits per heavy atom. The van der Waals surface area contributed by atoms with Crippen molar-refractivity contribution in [3.8, 4) is 0 Å². The van der Waals surface area contributed by atoms with Crippen molar-refractivity contribution in [3.63, 3.8) is 0 Å². The van der Waals surface area contributed by atoms with Crippen molar-refractivity contribution in [2.24, 2.45) is 11.0 Å². The molecule has 1 fully saturated rings. The molecule has 2 aliphatic rings. The van der Waals surface area contributed by atoms with Crippen LogP contribution in [0.25, 0.3) is 11.0 Å². The molecule has 1 aliphatic carbocycles. The zero-order valence-corrected chi connectivity index (χ0v) is 20.3. The largest absolute Gasteiger partial charge is 0.451 e. The van der Waals surface area contributed by atoms with Crippen molar-refractivity contribution < 1.29 is 18.7 Å². The minimum absolute atomic E-state index is 0.0159. The van der Waals surface area contributed by atoms with Gasteiger partial charge in [-0.3, -0.25) is 9.78 Å². The van der Waals surface area contributed by atoms with Crippen LogP contribution >= 0.6 is 15.9 Å². The van der Waals surface area contributed by atoms with Crippen LogP contribution in [0, 0.1) is 5.92 Å². The van der Waals surface area contributed by atoms with E-state index in [-0.39, 0.29) is 11.9 Å². The molecule has 1 aromatic carbocycles. The first-order chi connectivity index (χ1) is 16.4. The molecule has 0 radical (unpaired) electrons. The number of carbonyl (C=O) groups is 2. The molecule has 176 valence electrons. The Morgan fingerprint density at radius 1 is 1.29 bits per heavy atom. The Labute approximate surface area is 205 Å². The molecule has 2 N–H and O–H groups in total. The standard InChI is InChI=1S/C25H25BrN4O4/c1-15(28-23(31)21-13-17-4-2-3-5-20(17)33-21)12-16-6-9-25(10-7-16)22(29-30-24(32)34-25)18-8-11-27-14-19(18)26/h2-5,8,11,13-16H,6-7,9-10,12H2,1H3,(H,28,31)(H,30,32)/t15-,16?,25?/m0/s1. The van der Waals surface area contributed by atoms with Gasteiger partial charge in [-0.15, -0.1) is 0 Å². The Balaban J connectivity index is 1.22. The molecule has 0 unspecified atom stereocenters. The minimum atomic E-state index is -0.760. The highest BCUT2D eigenvalue weighted by molar-refractivity contribution is 9.10. The van der Waals surface area contributed by atoms with Crippen LogP contribution in [0.2, 0.25) is 0 Å². The van der Waals surface area contributed by atoms with Gasteiger partial charge in [-0.1, -0.05) is 18.2 Å². The number of aromatic nitrogens is 1. The van der Waals surface area contributed by atoms with Crippen molar-refractivity contribution in [2.75, 3.05) is 0 Å². The summed E-state index contributed by atoms with van der Waals surface area (Å²) in [6.45, 7) is 2.01. The van der Waals surface area contributed by atoms with Gasteiger partial charge in [-0.25, -0.2) is 10.2 Å². The highest BCUT2D eigenvalue weighted by Crippen LogP contribution is 2.41. The summed E-state index contributed by atoms with van der Waals surface area (Å²) in [6.07, 6.45) is 6.77. The molecule has 2 aromatic heterocycles. The van der Waals surface area contributed by atoms with E-state index >= 15 is 0 Å². The Hall–Kier alpha value is -3.20. The number of halogens is 1. The minimum Gasteiger partial charge on any atom is -0.451 e. The third-order valence-electron chi connectivity index (χ3n) is 6.63. The number of para-hydroxylation sites is 1. The topological polar surface area (TPSA) is 106 Å². The van der Waals surface area contributed by atoms with E-state index in [2.05, 4.69) is 36.8 Å². The smallest absolute Gasteiger partial charge is 0.428 e. The van der Waals surface area contributed by atoms with Gasteiger partial charge in [0, 0.05) is 33.9 Å². The summed E-state index contributed by atoms with van der Waals surface area (Å²) < 4.78 is 12.3. The molecule has 9 heteroatoms. The van der Waals surface area contributed by atoms with Crippen LogP contribution in [0.15, 0.2) is 62.8 Å². The van der Waals surface area contributed by atoms with Gasteiger partial charge in [-0.2, -0.15) is 5.10 Å². The molecular formula is C25H25BrN4O4. The first kappa shape index (κ1) is 22.6. The number of amides is 2. The summed E-state index contributed by atoms with van der Waals surface area (Å²) in [5.41, 5.74) is 3.96. The number of furan rings is 1. The summed E-state index contributed by atoms with van der Waals surface area (Å²) in [4.78, 5) is 28.9. The van der Waals surface area contributed by atoms with E-state index in [0.29, 0.717) is 35.8 Å². The maximum absolute atomic E-state index is 12.7. The molecule has 3 aromatic rings. The van der Waals surface area contributed by atoms with E-state index in [1.807, 2.05) is 37.3 Å². The molecule has 8 nitrogen and oxygen atoms in total. The van der Waals surface area contributed by atoms with Crippen molar-refractivity contribution >= 4 is 44.6 Å². The number of ether oxygens (including phenoxy) is 1. The van der Waals surface area contributed by atoms with Gasteiger partial charge in [-0.05, 0) is 79.1 Å². The second kappa shape index (κ2) is 9.21. The second-order valence-electron chi connectivity index (χ2n) is 9.01. The van der Waals surface area contributed by atoms with Crippen LogP contribution in [0.4, 0.5) is 4.79 Å². The number of hydrazone groups is 1. The maximum Gasteiger partial charge on any atom is 0.428 e. The molecule has 2 amide bonds. The zero-order valence-electron chi connectivity index (χ0n) is 18.7. The van der Waals surface area contributed by atoms with E-state index in [1.165, 1.54) is 0 Å². The molecule has 0 bridgehead atoms. The number of carbonyl (C=O) groups excluding carboxylic acids is 2. The number of nitrogens with zero attached hydrogens (tertiary/aromatic N) is 2. The number of rotatable bonds is 5. The van der Waals surface area contributed by atoms with Gasteiger partial charge in [0.25, 0.3) is 5.91 Å². The van der Waals surface area contributed by atoms with Gasteiger partial charge in [0.2, 0.25) is 0 Å². The number of pyridine rings is 1. The summed E-state index contributed by atoms with van der Waals surface area (Å²) in [5.74, 6) is 0.508. The third-order valence-corrected chi connectivity index (χ3v) is 7.26. The van der Waals surface area contributed by atoms with Gasteiger partial charge in [0.05, 0.1) is 0 Å². The molecular weight excluding hydrogens is 500 g/mol. The van der Waals surface area contributed by atoms with E-state index < -0.39 is 11.7 Å². The fraction of sp³-hybridized carbons (Fsp3) is 0.360. The second-order valence-corrected chi connectivity index (χ2v) is 9.87. The predicted molar refractivity (Wildman–Crippen MR) is 131 cm³/mol. The van der Waals surface area contributed by atoms with Crippen LogP contribution in [-0.4, -0.2) is 34.3 Å². The van der Waals surface area contributed by atoms with E-state index in [1.54, 1.807) is 18.5 Å². The van der Waals surface area contributed by atoms with Crippen LogP contribution in [-0.2, 0) is 4.74 Å². The first-order valence-electron chi connectivity index (χ1n) is 11.4. The quantitative estimate of drug-likeness (QED) is 0.478. The molecule has 0 saturated heterocycles. The maximum atomic E-state index is 12.7. The molecule has 5 rings (SSSR count). The molecule has 34 heavy (non-hydrogen) atoms. The number of fused-ring (bicyclic) bond motifs is 1. The van der Waals surface area contributed by atoms with Crippen molar-refractivity contribution in [1.82, 2.24) is 15.7 Å². The lowest BCUT2D eigenvalue weighted by Gasteiger charge is -2.42. The van der Waals surface area contributed by atoms with Gasteiger partial charge < -0.3 is 14.5 Å². The van der Waals surface area contributed by atoms with Crippen LogP contribution in [0.3, 0.4) is 0 Å². The SMILES string of the molecule is C[C@@H](CC1CCC2(CC1)OC(=O)NN=C2c1ccncc1Br)NC(=O)c1cc2ccccc2o1. The van der Waals surface area contributed by atoms with Crippen LogP contribution < -0.4 is 10.7 Å². The molecule has 1 atom stereocenters. The van der Waals surface area contributed by atoms with Crippen molar-refractivity contribution in [3.05, 3.63) is 64.6 Å². The number of nitrogens with one attached hydrogen (secondary N) is 2. The summed E-state index contributed by atoms with van der Waals surface area (Å²) >= 11 is 3.54. The number of benzene rings is 1. The fourth-order valence-electron chi connectivity index (χ4n) is 4.99. The summed E-state index contributed by atoms with van der Waals surface area (Å²) in [6, 6.07) is 11.2. The van der Waals surface area contributed by atoms with Gasteiger partial charge in [0.1, 0.15) is 11.3 Å². The molecule has 3 heterocycles. The van der Waals surface area contributed by atoms with Crippen LogP contribution in [0.1, 0.15) is 55.1 Å². The molecule has 1 spiro atoms. The Kier molecular flexibility index (Phi) is 6.12. The lowest BCUT2D eigenvalue weighted by Crippen LogP contribution is -2.52. The average molecular weight is 525 g/mol.